The van der Waals surface area contributed by atoms with Crippen LogP contribution in [-0.2, 0) is 14.1 Å². The molecule has 36 heavy (non-hydrogen) atoms. The summed E-state index contributed by atoms with van der Waals surface area (Å²) in [5.74, 6) is -3.27. The summed E-state index contributed by atoms with van der Waals surface area (Å²) < 4.78 is 21.4. The summed E-state index contributed by atoms with van der Waals surface area (Å²) in [5, 5.41) is 30.5. The second-order valence-electron chi connectivity index (χ2n) is 8.35. The summed E-state index contributed by atoms with van der Waals surface area (Å²) in [6, 6.07) is 5.94. The van der Waals surface area contributed by atoms with Gasteiger partial charge in [0.15, 0.2) is 5.69 Å². The Morgan fingerprint density at radius 2 is 2.06 bits per heavy atom. The molecule has 0 saturated heterocycles. The van der Waals surface area contributed by atoms with Crippen LogP contribution in [0.4, 0.5) is 10.1 Å². The minimum absolute atomic E-state index is 0.115. The van der Waals surface area contributed by atoms with Crippen molar-refractivity contribution < 1.29 is 18.8 Å². The first-order chi connectivity index (χ1) is 17.1. The van der Waals surface area contributed by atoms with E-state index < -0.39 is 40.6 Å². The van der Waals surface area contributed by atoms with Crippen molar-refractivity contribution in [1.29, 1.82) is 5.26 Å². The van der Waals surface area contributed by atoms with Gasteiger partial charge in [0, 0.05) is 37.7 Å². The number of nitrogens with one attached hydrogen (secondary N) is 1. The van der Waals surface area contributed by atoms with Gasteiger partial charge in [-0.3, -0.25) is 18.8 Å². The molecule has 1 amide bonds. The Labute approximate surface area is 204 Å². The number of nitrogens with zero attached hydrogens (tertiary/aromatic N) is 6. The number of hydrogen-bond acceptors (Lipinski definition) is 8. The molecule has 2 N–H and O–H groups in total. The summed E-state index contributed by atoms with van der Waals surface area (Å²) >= 11 is 0. The largest absolute Gasteiger partial charge is 0.501 e. The van der Waals surface area contributed by atoms with E-state index in [1.54, 1.807) is 31.8 Å². The third-order valence-corrected chi connectivity index (χ3v) is 5.97. The van der Waals surface area contributed by atoms with Crippen molar-refractivity contribution >= 4 is 11.6 Å². The summed E-state index contributed by atoms with van der Waals surface area (Å²) in [6.07, 6.45) is 4.20. The number of aryl methyl sites for hydroxylation is 2. The third kappa shape index (κ3) is 4.34. The summed E-state index contributed by atoms with van der Waals surface area (Å²) in [6.45, 7) is 3.56. The maximum atomic E-state index is 14.0. The maximum Gasteiger partial charge on any atom is 0.296 e. The number of carbonyl (C=O) groups excluding carboxylic acids is 1. The summed E-state index contributed by atoms with van der Waals surface area (Å²) in [4.78, 5) is 30.1. The number of hydrogen-bond donors (Lipinski definition) is 2. The van der Waals surface area contributed by atoms with E-state index >= 15 is 0 Å². The molecule has 11 nitrogen and oxygen atoms in total. The number of rotatable bonds is 6. The molecule has 0 aliphatic heterocycles. The molecule has 4 aromatic rings. The maximum absolute atomic E-state index is 14.0. The molecule has 0 saturated carbocycles. The van der Waals surface area contributed by atoms with Crippen molar-refractivity contribution in [2.75, 3.05) is 5.32 Å². The second-order valence-corrected chi connectivity index (χ2v) is 8.35. The Morgan fingerprint density at radius 3 is 2.67 bits per heavy atom. The summed E-state index contributed by atoms with van der Waals surface area (Å²) in [5.41, 5.74) is 0.906. The van der Waals surface area contributed by atoms with Crippen molar-refractivity contribution in [3.05, 3.63) is 86.9 Å². The first kappa shape index (κ1) is 24.3. The Bertz CT molecular complexity index is 1550. The lowest BCUT2D eigenvalue weighted by Gasteiger charge is -2.26. The fourth-order valence-corrected chi connectivity index (χ4v) is 4.30. The van der Waals surface area contributed by atoms with E-state index in [0.717, 1.165) is 16.2 Å². The number of nitriles is 1. The van der Waals surface area contributed by atoms with Crippen LogP contribution in [-0.4, -0.2) is 35.5 Å². The quantitative estimate of drug-likeness (QED) is 0.418. The number of amides is 1. The molecule has 0 aliphatic rings. The molecule has 0 radical (unpaired) electrons. The SMILES string of the molecule is Cc1nn(C)cc1[C@@H](c1ccc(F)cc1C#N)[C@@H](C)c1nc(C(=O)Nc2cnoc2)c(O)c(=O)n1C. The molecule has 0 aliphatic carbocycles. The van der Waals surface area contributed by atoms with Crippen LogP contribution < -0.4 is 10.9 Å². The van der Waals surface area contributed by atoms with Crippen LogP contribution in [0.25, 0.3) is 0 Å². The smallest absolute Gasteiger partial charge is 0.296 e. The topological polar surface area (TPSA) is 152 Å². The average Bonchev–Trinajstić information content (AvgIpc) is 3.47. The lowest BCUT2D eigenvalue weighted by atomic mass is 9.79. The molecule has 0 bridgehead atoms. The molecule has 0 fully saturated rings. The Kier molecular flexibility index (Phi) is 6.39. The van der Waals surface area contributed by atoms with Crippen LogP contribution >= 0.6 is 0 Å². The zero-order valence-corrected chi connectivity index (χ0v) is 19.9. The molecule has 4 rings (SSSR count). The van der Waals surface area contributed by atoms with Gasteiger partial charge in [0.2, 0.25) is 5.75 Å². The van der Waals surface area contributed by atoms with Gasteiger partial charge in [-0.15, -0.1) is 0 Å². The van der Waals surface area contributed by atoms with Crippen molar-refractivity contribution in [3.8, 4) is 11.8 Å². The lowest BCUT2D eigenvalue weighted by Crippen LogP contribution is -2.29. The number of halogens is 1. The van der Waals surface area contributed by atoms with Gasteiger partial charge in [-0.25, -0.2) is 9.37 Å². The lowest BCUT2D eigenvalue weighted by molar-refractivity contribution is 0.101. The van der Waals surface area contributed by atoms with Crippen LogP contribution in [0.5, 0.6) is 5.75 Å². The molecular weight excluding hydrogens is 469 g/mol. The highest BCUT2D eigenvalue weighted by molar-refractivity contribution is 6.04. The first-order valence-electron chi connectivity index (χ1n) is 10.8. The van der Waals surface area contributed by atoms with Gasteiger partial charge in [0.25, 0.3) is 11.5 Å². The number of anilines is 1. The fourth-order valence-electron chi connectivity index (χ4n) is 4.30. The Balaban J connectivity index is 1.90. The molecule has 12 heteroatoms. The van der Waals surface area contributed by atoms with E-state index in [1.165, 1.54) is 31.6 Å². The van der Waals surface area contributed by atoms with Crippen molar-refractivity contribution in [2.24, 2.45) is 14.1 Å². The third-order valence-electron chi connectivity index (χ3n) is 5.97. The van der Waals surface area contributed by atoms with E-state index in [4.69, 9.17) is 0 Å². The second kappa shape index (κ2) is 9.46. The zero-order chi connectivity index (χ0) is 26.1. The van der Waals surface area contributed by atoms with Gasteiger partial charge in [0.1, 0.15) is 23.6 Å². The number of benzene rings is 1. The zero-order valence-electron chi connectivity index (χ0n) is 19.9. The minimum atomic E-state index is -0.838. The molecule has 1 aromatic carbocycles. The summed E-state index contributed by atoms with van der Waals surface area (Å²) in [7, 11) is 3.17. The van der Waals surface area contributed by atoms with Crippen LogP contribution in [0.3, 0.4) is 0 Å². The highest BCUT2D eigenvalue weighted by Gasteiger charge is 2.32. The van der Waals surface area contributed by atoms with E-state index in [-0.39, 0.29) is 17.1 Å². The fraction of sp³-hybridized carbons (Fsp3) is 0.250. The van der Waals surface area contributed by atoms with Gasteiger partial charge in [0.05, 0.1) is 23.5 Å². The molecule has 2 atom stereocenters. The van der Waals surface area contributed by atoms with Crippen LogP contribution in [0, 0.1) is 24.1 Å². The Morgan fingerprint density at radius 1 is 1.31 bits per heavy atom. The van der Waals surface area contributed by atoms with E-state index in [2.05, 4.69) is 25.1 Å². The highest BCUT2D eigenvalue weighted by atomic mass is 19.1. The van der Waals surface area contributed by atoms with E-state index in [0.29, 0.717) is 11.3 Å². The van der Waals surface area contributed by atoms with E-state index in [1.807, 2.05) is 6.07 Å². The molecule has 3 aromatic heterocycles. The number of aromatic hydroxyl groups is 1. The molecular formula is C24H22FN7O4. The molecule has 0 spiro atoms. The normalized spacial score (nSPS) is 12.7. The van der Waals surface area contributed by atoms with Crippen molar-refractivity contribution in [1.82, 2.24) is 24.5 Å². The van der Waals surface area contributed by atoms with Crippen LogP contribution in [0.1, 0.15) is 57.5 Å². The van der Waals surface area contributed by atoms with Gasteiger partial charge in [-0.2, -0.15) is 10.4 Å². The monoisotopic (exact) mass is 491 g/mol. The predicted molar refractivity (Wildman–Crippen MR) is 125 cm³/mol. The van der Waals surface area contributed by atoms with Crippen LogP contribution in [0.15, 0.2) is 46.2 Å². The van der Waals surface area contributed by atoms with Gasteiger partial charge < -0.3 is 14.9 Å². The number of aromatic nitrogens is 5. The van der Waals surface area contributed by atoms with Gasteiger partial charge in [-0.05, 0) is 24.6 Å². The van der Waals surface area contributed by atoms with E-state index in [9.17, 15) is 24.3 Å². The predicted octanol–water partition coefficient (Wildman–Crippen LogP) is 2.71. The standard InChI is InChI=1S/C24H22FN7O4/c1-12(19(18-10-31(3)30-13(18)2)17-6-5-15(25)7-14(17)8-26)22-29-20(21(33)24(35)32(22)4)23(34)28-16-9-27-36-11-16/h5-7,9-12,19,33H,1-4H3,(H,28,34)/t12-,19-/m1/s1. The average molecular weight is 491 g/mol. The molecule has 184 valence electrons. The molecule has 3 heterocycles. The van der Waals surface area contributed by atoms with Crippen LogP contribution in [0.2, 0.25) is 0 Å². The number of carbonyl (C=O) groups is 1. The van der Waals surface area contributed by atoms with Gasteiger partial charge in [-0.1, -0.05) is 18.1 Å². The van der Waals surface area contributed by atoms with Crippen molar-refractivity contribution in [2.45, 2.75) is 25.7 Å². The first-order valence-corrected chi connectivity index (χ1v) is 10.8. The Hall–Kier alpha value is -4.79. The molecule has 0 unspecified atom stereocenters. The van der Waals surface area contributed by atoms with Crippen molar-refractivity contribution in [3.63, 3.8) is 0 Å². The van der Waals surface area contributed by atoms with Gasteiger partial charge >= 0.3 is 0 Å². The highest BCUT2D eigenvalue weighted by Crippen LogP contribution is 2.40. The minimum Gasteiger partial charge on any atom is -0.501 e.